The highest BCUT2D eigenvalue weighted by atomic mass is 35.5. The van der Waals surface area contributed by atoms with Crippen LogP contribution in [0.3, 0.4) is 0 Å². The van der Waals surface area contributed by atoms with Crippen LogP contribution < -0.4 is 25.1 Å². The van der Waals surface area contributed by atoms with E-state index in [2.05, 4.69) is 20.1 Å². The summed E-state index contributed by atoms with van der Waals surface area (Å²) in [4.78, 5) is 31.3. The van der Waals surface area contributed by atoms with Crippen molar-refractivity contribution in [3.05, 3.63) is 117 Å². The Kier molecular flexibility index (Phi) is 10.0. The van der Waals surface area contributed by atoms with Crippen LogP contribution in [0.15, 0.2) is 77.6 Å². The van der Waals surface area contributed by atoms with Gasteiger partial charge in [0.2, 0.25) is 10.0 Å². The summed E-state index contributed by atoms with van der Waals surface area (Å²) in [5, 5.41) is 16.9. The maximum absolute atomic E-state index is 14.5. The minimum absolute atomic E-state index is 0.0833. The van der Waals surface area contributed by atoms with Gasteiger partial charge in [0.1, 0.15) is 29.0 Å². The number of amides is 1. The highest BCUT2D eigenvalue weighted by molar-refractivity contribution is 7.92. The molecule has 0 spiro atoms. The molecule has 2 aromatic heterocycles. The number of benzene rings is 4. The molecule has 52 heavy (non-hydrogen) atoms. The number of ether oxygens (including phenoxy) is 2. The molecule has 13 nitrogen and oxygen atoms in total. The first kappa shape index (κ1) is 36.1. The Balaban J connectivity index is 1.51. The van der Waals surface area contributed by atoms with E-state index in [1.807, 2.05) is 0 Å². The maximum atomic E-state index is 14.5. The van der Waals surface area contributed by atoms with Gasteiger partial charge in [0.15, 0.2) is 5.82 Å². The Hall–Kier alpha value is -5.74. The molecule has 0 saturated heterocycles. The third-order valence-corrected chi connectivity index (χ3v) is 9.86. The zero-order chi connectivity index (χ0) is 37.3. The van der Waals surface area contributed by atoms with E-state index >= 15 is 0 Å². The number of halogens is 3. The van der Waals surface area contributed by atoms with E-state index in [0.717, 1.165) is 22.3 Å². The molecule has 0 radical (unpaired) electrons. The van der Waals surface area contributed by atoms with E-state index in [1.165, 1.54) is 50.2 Å². The van der Waals surface area contributed by atoms with Crippen molar-refractivity contribution in [3.63, 3.8) is 0 Å². The molecule has 0 aliphatic heterocycles. The minimum Gasteiger partial charge on any atom is -0.497 e. The number of carbonyl (C=O) groups is 1. The van der Waals surface area contributed by atoms with Crippen molar-refractivity contribution in [1.82, 2.24) is 24.6 Å². The van der Waals surface area contributed by atoms with Crippen molar-refractivity contribution in [1.29, 1.82) is 0 Å². The zero-order valence-electron chi connectivity index (χ0n) is 27.9. The molecule has 6 aromatic rings. The lowest BCUT2D eigenvalue weighted by Crippen LogP contribution is -2.35. The van der Waals surface area contributed by atoms with Crippen molar-refractivity contribution in [2.45, 2.75) is 18.9 Å². The SMILES string of the molecule is COc1ccc(CCS(=O)(=O)Nc2nn(C)c3c(-n4c([C@H](Cc5cc(F)cc(F)c5)NC(=O)O)nc5ccc(OC)cc5c4=O)ccc(Cl)c23)cc1. The summed E-state index contributed by atoms with van der Waals surface area (Å²) in [5.41, 5.74) is 0.667. The summed E-state index contributed by atoms with van der Waals surface area (Å²) in [6.07, 6.45) is -1.62. The maximum Gasteiger partial charge on any atom is 0.405 e. The van der Waals surface area contributed by atoms with E-state index in [-0.39, 0.29) is 68.3 Å². The quantitative estimate of drug-likeness (QED) is 0.141. The zero-order valence-corrected chi connectivity index (χ0v) is 29.4. The fourth-order valence-corrected chi connectivity index (χ4v) is 7.23. The topological polar surface area (TPSA) is 167 Å². The summed E-state index contributed by atoms with van der Waals surface area (Å²) in [6.45, 7) is 0. The molecule has 0 fully saturated rings. The monoisotopic (exact) mass is 752 g/mol. The molecule has 270 valence electrons. The van der Waals surface area contributed by atoms with Gasteiger partial charge in [0.05, 0.1) is 58.5 Å². The first-order chi connectivity index (χ1) is 24.8. The molecule has 6 rings (SSSR count). The number of methoxy groups -OCH3 is 2. The first-order valence-corrected chi connectivity index (χ1v) is 17.6. The fourth-order valence-electron chi connectivity index (χ4n) is 5.95. The largest absolute Gasteiger partial charge is 0.497 e. The molecule has 0 aliphatic carbocycles. The molecule has 4 aromatic carbocycles. The van der Waals surface area contributed by atoms with Crippen LogP contribution in [0, 0.1) is 11.6 Å². The number of anilines is 1. The number of sulfonamides is 1. The Morgan fingerprint density at radius 2 is 1.63 bits per heavy atom. The number of fused-ring (bicyclic) bond motifs is 2. The molecule has 0 aliphatic rings. The van der Waals surface area contributed by atoms with Gasteiger partial charge in [-0.05, 0) is 72.1 Å². The summed E-state index contributed by atoms with van der Waals surface area (Å²) in [6, 6.07) is 15.9. The van der Waals surface area contributed by atoms with Gasteiger partial charge in [-0.25, -0.2) is 27.0 Å². The molecule has 0 saturated carbocycles. The predicted octanol–water partition coefficient (Wildman–Crippen LogP) is 5.76. The van der Waals surface area contributed by atoms with Gasteiger partial charge >= 0.3 is 6.09 Å². The number of hydrogen-bond acceptors (Lipinski definition) is 8. The van der Waals surface area contributed by atoms with Crippen molar-refractivity contribution in [3.8, 4) is 17.2 Å². The standard InChI is InChI=1S/C35H31ClF2N6O7S/c1-43-31-29(11-9-26(36)30(31)32(41-43)42-52(48,49)13-12-19-4-6-23(50-2)7-5-19)44-33(39-27-10-8-24(51-3)18-25(27)34(44)45)28(40-35(46)47)16-20-14-21(37)17-22(38)15-20/h4-11,14-15,17-18,28,40H,12-13,16H2,1-3H3,(H,41,42)(H,46,47)/t28-/m0/s1. The molecule has 1 amide bonds. The van der Waals surface area contributed by atoms with E-state index in [4.69, 9.17) is 21.1 Å². The van der Waals surface area contributed by atoms with E-state index in [0.29, 0.717) is 17.6 Å². The number of carboxylic acid groups (broad SMARTS) is 1. The number of nitrogens with zero attached hydrogens (tertiary/aromatic N) is 4. The summed E-state index contributed by atoms with van der Waals surface area (Å²) >= 11 is 6.67. The van der Waals surface area contributed by atoms with Crippen molar-refractivity contribution in [2.75, 3.05) is 24.7 Å². The number of aromatic nitrogens is 4. The van der Waals surface area contributed by atoms with Gasteiger partial charge in [-0.1, -0.05) is 23.7 Å². The Morgan fingerprint density at radius 3 is 2.29 bits per heavy atom. The van der Waals surface area contributed by atoms with Crippen LogP contribution in [0.5, 0.6) is 11.5 Å². The second-order valence-corrected chi connectivity index (χ2v) is 14.0. The Morgan fingerprint density at radius 1 is 0.962 bits per heavy atom. The van der Waals surface area contributed by atoms with Crippen molar-refractivity contribution < 1.29 is 36.6 Å². The summed E-state index contributed by atoms with van der Waals surface area (Å²) in [5.74, 6) is -1.33. The van der Waals surface area contributed by atoms with Gasteiger partial charge in [-0.2, -0.15) is 5.10 Å². The number of rotatable bonds is 12. The van der Waals surface area contributed by atoms with Crippen LogP contribution in [0.25, 0.3) is 27.5 Å². The number of hydrogen-bond donors (Lipinski definition) is 3. The van der Waals surface area contributed by atoms with Crippen LogP contribution in [0.4, 0.5) is 19.4 Å². The second kappa shape index (κ2) is 14.5. The van der Waals surface area contributed by atoms with Crippen LogP contribution in [-0.4, -0.2) is 58.9 Å². The van der Waals surface area contributed by atoms with Crippen LogP contribution in [0.2, 0.25) is 5.02 Å². The normalized spacial score (nSPS) is 12.2. The van der Waals surface area contributed by atoms with E-state index in [1.54, 1.807) is 30.3 Å². The van der Waals surface area contributed by atoms with Crippen LogP contribution >= 0.6 is 11.6 Å². The lowest BCUT2D eigenvalue weighted by atomic mass is 10.0. The Bertz CT molecular complexity index is 2490. The highest BCUT2D eigenvalue weighted by Crippen LogP contribution is 2.36. The van der Waals surface area contributed by atoms with Gasteiger partial charge in [-0.15, -0.1) is 0 Å². The first-order valence-electron chi connectivity index (χ1n) is 15.6. The van der Waals surface area contributed by atoms with E-state index < -0.39 is 39.4 Å². The molecule has 0 bridgehead atoms. The van der Waals surface area contributed by atoms with Crippen molar-refractivity contribution >= 4 is 55.3 Å². The van der Waals surface area contributed by atoms with Gasteiger partial charge in [0.25, 0.3) is 5.56 Å². The second-order valence-electron chi connectivity index (χ2n) is 11.8. The number of aryl methyl sites for hydroxylation is 2. The molecule has 3 N–H and O–H groups in total. The lowest BCUT2D eigenvalue weighted by molar-refractivity contribution is 0.189. The number of nitrogens with one attached hydrogen (secondary N) is 2. The Labute approximate surface area is 300 Å². The minimum atomic E-state index is -3.99. The fraction of sp³-hybridized carbons (Fsp3) is 0.200. The average molecular weight is 753 g/mol. The molecular weight excluding hydrogens is 722 g/mol. The van der Waals surface area contributed by atoms with Crippen molar-refractivity contribution in [2.24, 2.45) is 7.05 Å². The summed E-state index contributed by atoms with van der Waals surface area (Å²) in [7, 11) is 0.478. The molecule has 2 heterocycles. The predicted molar refractivity (Wildman–Crippen MR) is 191 cm³/mol. The van der Waals surface area contributed by atoms with E-state index in [9.17, 15) is 31.9 Å². The average Bonchev–Trinajstić information content (AvgIpc) is 3.42. The molecule has 17 heteroatoms. The van der Waals surface area contributed by atoms with Crippen LogP contribution in [-0.2, 0) is 29.9 Å². The highest BCUT2D eigenvalue weighted by Gasteiger charge is 2.28. The molecular formula is C35H31ClF2N6O7S. The third-order valence-electron chi connectivity index (χ3n) is 8.30. The van der Waals surface area contributed by atoms with Crippen LogP contribution in [0.1, 0.15) is 23.0 Å². The summed E-state index contributed by atoms with van der Waals surface area (Å²) < 4.78 is 70.6. The van der Waals surface area contributed by atoms with Gasteiger partial charge < -0.3 is 19.9 Å². The van der Waals surface area contributed by atoms with Gasteiger partial charge in [-0.3, -0.25) is 18.8 Å². The smallest absolute Gasteiger partial charge is 0.405 e. The lowest BCUT2D eigenvalue weighted by Gasteiger charge is -2.22. The molecule has 1 atom stereocenters. The third kappa shape index (κ3) is 7.48. The van der Waals surface area contributed by atoms with Gasteiger partial charge in [0, 0.05) is 19.5 Å². The molecule has 0 unspecified atom stereocenters.